The first-order chi connectivity index (χ1) is 9.11. The molecule has 4 nitrogen and oxygen atoms in total. The van der Waals surface area contributed by atoms with Crippen molar-refractivity contribution in [2.75, 3.05) is 26.3 Å². The number of piperidine rings is 1. The van der Waals surface area contributed by atoms with Gasteiger partial charge in [0.1, 0.15) is 4.88 Å². The molecule has 6 heteroatoms. The lowest BCUT2D eigenvalue weighted by Gasteiger charge is -2.37. The van der Waals surface area contributed by atoms with Gasteiger partial charge in [-0.3, -0.25) is 4.79 Å². The van der Waals surface area contributed by atoms with Crippen molar-refractivity contribution in [3.05, 3.63) is 20.8 Å². The van der Waals surface area contributed by atoms with Gasteiger partial charge in [-0.25, -0.2) is 0 Å². The molecule has 2 aliphatic heterocycles. The molecule has 1 spiro atoms. The van der Waals surface area contributed by atoms with Crippen molar-refractivity contribution in [2.24, 2.45) is 0 Å². The minimum atomic E-state index is -0.439. The van der Waals surface area contributed by atoms with E-state index < -0.39 is 5.79 Å². The molecule has 0 radical (unpaired) electrons. The molecule has 1 amide bonds. The van der Waals surface area contributed by atoms with Gasteiger partial charge in [-0.1, -0.05) is 11.6 Å². The fourth-order valence-electron chi connectivity index (χ4n) is 2.55. The summed E-state index contributed by atoms with van der Waals surface area (Å²) in [5, 5.41) is 2.51. The van der Waals surface area contributed by atoms with E-state index in [1.807, 2.05) is 17.2 Å². The van der Waals surface area contributed by atoms with Gasteiger partial charge >= 0.3 is 0 Å². The number of carbonyl (C=O) groups excluding carboxylic acids is 1. The number of nitrogens with zero attached hydrogens (tertiary/aromatic N) is 1. The normalized spacial score (nSPS) is 22.1. The van der Waals surface area contributed by atoms with E-state index in [0.29, 0.717) is 36.2 Å². The third-order valence-corrected chi connectivity index (χ3v) is 5.40. The Morgan fingerprint density at radius 1 is 1.37 bits per heavy atom. The van der Waals surface area contributed by atoms with Gasteiger partial charge in [0.15, 0.2) is 5.79 Å². The van der Waals surface area contributed by atoms with Gasteiger partial charge in [0.2, 0.25) is 0 Å². The van der Waals surface area contributed by atoms with Crippen LogP contribution in [0.25, 0.3) is 0 Å². The number of carbonyl (C=O) groups is 1. The molecule has 3 heterocycles. The van der Waals surface area contributed by atoms with Gasteiger partial charge < -0.3 is 14.4 Å². The summed E-state index contributed by atoms with van der Waals surface area (Å²) >= 11 is 7.57. The van der Waals surface area contributed by atoms with E-state index >= 15 is 0 Å². The molecule has 1 aromatic rings. The summed E-state index contributed by atoms with van der Waals surface area (Å²) in [7, 11) is 0. The van der Waals surface area contributed by atoms with E-state index in [4.69, 9.17) is 21.1 Å². The fraction of sp³-hybridized carbons (Fsp3) is 0.615. The first-order valence-corrected chi connectivity index (χ1v) is 7.68. The maximum absolute atomic E-state index is 12.4. The van der Waals surface area contributed by atoms with E-state index in [-0.39, 0.29) is 5.91 Å². The highest BCUT2D eigenvalue weighted by atomic mass is 35.5. The minimum absolute atomic E-state index is 0.0240. The van der Waals surface area contributed by atoms with E-state index in [0.717, 1.165) is 18.4 Å². The number of hydrogen-bond acceptors (Lipinski definition) is 4. The van der Waals surface area contributed by atoms with Crippen LogP contribution in [0, 0.1) is 6.92 Å². The Labute approximate surface area is 121 Å². The van der Waals surface area contributed by atoms with Crippen LogP contribution in [0.2, 0.25) is 5.02 Å². The molecule has 0 saturated carbocycles. The molecular weight excluding hydrogens is 286 g/mol. The number of thiophene rings is 1. The molecule has 2 fully saturated rings. The second-order valence-electron chi connectivity index (χ2n) is 4.96. The lowest BCUT2D eigenvalue weighted by atomic mass is 10.0. The third kappa shape index (κ3) is 2.40. The summed E-state index contributed by atoms with van der Waals surface area (Å²) in [4.78, 5) is 14.9. The molecule has 1 aromatic heterocycles. The highest BCUT2D eigenvalue weighted by Gasteiger charge is 2.41. The van der Waals surface area contributed by atoms with Gasteiger partial charge in [-0.2, -0.15) is 0 Å². The molecule has 0 aromatic carbocycles. The topological polar surface area (TPSA) is 38.8 Å². The Balaban J connectivity index is 1.68. The molecule has 104 valence electrons. The Kier molecular flexibility index (Phi) is 3.55. The summed E-state index contributed by atoms with van der Waals surface area (Å²) < 4.78 is 11.3. The Morgan fingerprint density at radius 3 is 2.53 bits per heavy atom. The Morgan fingerprint density at radius 2 is 2.00 bits per heavy atom. The van der Waals surface area contributed by atoms with E-state index in [2.05, 4.69) is 0 Å². The number of likely N-dealkylation sites (tertiary alicyclic amines) is 1. The number of aryl methyl sites for hydroxylation is 1. The Bertz CT molecular complexity index is 486. The zero-order chi connectivity index (χ0) is 13.5. The first kappa shape index (κ1) is 13.4. The summed E-state index contributed by atoms with van der Waals surface area (Å²) in [6.07, 6.45) is 1.47. The molecular formula is C13H16ClNO3S. The fourth-order valence-corrected chi connectivity index (χ4v) is 3.79. The van der Waals surface area contributed by atoms with Crippen LogP contribution in [0.15, 0.2) is 5.38 Å². The smallest absolute Gasteiger partial charge is 0.265 e. The van der Waals surface area contributed by atoms with Crippen LogP contribution in [0.3, 0.4) is 0 Å². The second-order valence-corrected chi connectivity index (χ2v) is 6.22. The molecule has 0 N–H and O–H groups in total. The van der Waals surface area contributed by atoms with Gasteiger partial charge in [0.05, 0.1) is 18.2 Å². The first-order valence-electron chi connectivity index (χ1n) is 6.42. The predicted molar refractivity (Wildman–Crippen MR) is 73.8 cm³/mol. The predicted octanol–water partition coefficient (Wildman–Crippen LogP) is 2.69. The molecule has 0 unspecified atom stereocenters. The van der Waals surface area contributed by atoms with Gasteiger partial charge in [-0.05, 0) is 17.9 Å². The maximum Gasteiger partial charge on any atom is 0.265 e. The van der Waals surface area contributed by atoms with Crippen molar-refractivity contribution in [3.63, 3.8) is 0 Å². The van der Waals surface area contributed by atoms with E-state index in [1.165, 1.54) is 11.3 Å². The van der Waals surface area contributed by atoms with Crippen molar-refractivity contribution >= 4 is 28.8 Å². The van der Waals surface area contributed by atoms with Crippen LogP contribution in [0.5, 0.6) is 0 Å². The van der Waals surface area contributed by atoms with Crippen LogP contribution in [0.1, 0.15) is 28.1 Å². The SMILES string of the molecule is Cc1csc(C(=O)N2CCC3(CC2)OCCO3)c1Cl. The summed E-state index contributed by atoms with van der Waals surface area (Å²) in [5.41, 5.74) is 0.964. The molecule has 0 aliphatic carbocycles. The van der Waals surface area contributed by atoms with E-state index in [9.17, 15) is 4.79 Å². The number of ether oxygens (including phenoxy) is 2. The third-order valence-electron chi connectivity index (χ3n) is 3.72. The largest absolute Gasteiger partial charge is 0.347 e. The number of amides is 1. The average Bonchev–Trinajstić information content (AvgIpc) is 2.99. The highest BCUT2D eigenvalue weighted by Crippen LogP contribution is 2.34. The summed E-state index contributed by atoms with van der Waals surface area (Å²) in [6, 6.07) is 0. The molecule has 3 rings (SSSR count). The number of rotatable bonds is 1. The standard InChI is InChI=1S/C13H16ClNO3S/c1-9-8-19-11(10(9)14)12(16)15-4-2-13(3-5-15)17-6-7-18-13/h8H,2-7H2,1H3. The number of hydrogen-bond donors (Lipinski definition) is 0. The average molecular weight is 302 g/mol. The van der Waals surface area contributed by atoms with Crippen LogP contribution in [0.4, 0.5) is 0 Å². The lowest BCUT2D eigenvalue weighted by molar-refractivity contribution is -0.181. The minimum Gasteiger partial charge on any atom is -0.347 e. The molecule has 2 saturated heterocycles. The summed E-state index contributed by atoms with van der Waals surface area (Å²) in [5.74, 6) is -0.415. The van der Waals surface area contributed by atoms with Crippen molar-refractivity contribution in [1.29, 1.82) is 0 Å². The maximum atomic E-state index is 12.4. The summed E-state index contributed by atoms with van der Waals surface area (Å²) in [6.45, 7) is 4.55. The zero-order valence-electron chi connectivity index (χ0n) is 10.8. The van der Waals surface area contributed by atoms with Crippen molar-refractivity contribution in [2.45, 2.75) is 25.6 Å². The highest BCUT2D eigenvalue weighted by molar-refractivity contribution is 7.13. The quantitative estimate of drug-likeness (QED) is 0.800. The van der Waals surface area contributed by atoms with Gasteiger partial charge in [-0.15, -0.1) is 11.3 Å². The molecule has 2 aliphatic rings. The van der Waals surface area contributed by atoms with E-state index in [1.54, 1.807) is 0 Å². The van der Waals surface area contributed by atoms with Crippen LogP contribution in [-0.4, -0.2) is 42.9 Å². The zero-order valence-corrected chi connectivity index (χ0v) is 12.4. The van der Waals surface area contributed by atoms with Crippen LogP contribution in [-0.2, 0) is 9.47 Å². The van der Waals surface area contributed by atoms with Crippen LogP contribution >= 0.6 is 22.9 Å². The van der Waals surface area contributed by atoms with Crippen molar-refractivity contribution in [1.82, 2.24) is 4.90 Å². The molecule has 0 atom stereocenters. The Hall–Kier alpha value is -0.620. The molecule has 0 bridgehead atoms. The van der Waals surface area contributed by atoms with Gasteiger partial charge in [0, 0.05) is 25.9 Å². The number of halogens is 1. The monoisotopic (exact) mass is 301 g/mol. The lowest BCUT2D eigenvalue weighted by Crippen LogP contribution is -2.47. The second kappa shape index (κ2) is 5.05. The van der Waals surface area contributed by atoms with Crippen LogP contribution < -0.4 is 0 Å². The van der Waals surface area contributed by atoms with Crippen molar-refractivity contribution < 1.29 is 14.3 Å². The molecule has 19 heavy (non-hydrogen) atoms. The van der Waals surface area contributed by atoms with Gasteiger partial charge in [0.25, 0.3) is 5.91 Å². The van der Waals surface area contributed by atoms with Crippen molar-refractivity contribution in [3.8, 4) is 0 Å².